The maximum Gasteiger partial charge on any atom is 0.485 e. The molecular formula is C15H16F3NO3S2. The van der Waals surface area contributed by atoms with Gasteiger partial charge in [-0.15, -0.1) is 0 Å². The second kappa shape index (κ2) is 8.00. The molecule has 0 aliphatic rings. The lowest BCUT2D eigenvalue weighted by Gasteiger charge is -2.08. The van der Waals surface area contributed by atoms with E-state index in [1.807, 2.05) is 11.8 Å². The number of hydrogen-bond acceptors (Lipinski definition) is 4. The molecule has 2 rings (SSSR count). The van der Waals surface area contributed by atoms with E-state index >= 15 is 0 Å². The number of benzene rings is 2. The van der Waals surface area contributed by atoms with Gasteiger partial charge < -0.3 is 4.55 Å². The Morgan fingerprint density at radius 3 is 2.04 bits per heavy atom. The normalized spacial score (nSPS) is 11.6. The van der Waals surface area contributed by atoms with Crippen molar-refractivity contribution in [3.05, 3.63) is 42.5 Å². The molecule has 2 aromatic carbocycles. The van der Waals surface area contributed by atoms with Crippen molar-refractivity contribution < 1.29 is 30.7 Å². The van der Waals surface area contributed by atoms with Crippen molar-refractivity contribution in [1.29, 1.82) is 0 Å². The molecule has 0 spiro atoms. The third-order valence-corrected chi connectivity index (χ3v) is 4.62. The molecule has 0 N–H and O–H groups in total. The molecule has 0 atom stereocenters. The molecule has 0 fully saturated rings. The summed E-state index contributed by atoms with van der Waals surface area (Å²) in [5, 5.41) is 3.91. The molecule has 0 bridgehead atoms. The van der Waals surface area contributed by atoms with Crippen molar-refractivity contribution in [2.75, 3.05) is 14.1 Å². The van der Waals surface area contributed by atoms with E-state index in [0.29, 0.717) is 0 Å². The summed E-state index contributed by atoms with van der Waals surface area (Å²) >= 11 is 1.81. The van der Waals surface area contributed by atoms with Gasteiger partial charge in [-0.1, -0.05) is 30.3 Å². The topological polar surface area (TPSA) is 60.2 Å². The van der Waals surface area contributed by atoms with Crippen molar-refractivity contribution >= 4 is 37.7 Å². The van der Waals surface area contributed by atoms with E-state index < -0.39 is 15.6 Å². The molecule has 0 radical (unpaired) electrons. The van der Waals surface area contributed by atoms with Crippen LogP contribution < -0.4 is 0 Å². The zero-order valence-corrected chi connectivity index (χ0v) is 14.8. The molecular weight excluding hydrogens is 363 g/mol. The third kappa shape index (κ3) is 6.14. The van der Waals surface area contributed by atoms with Crippen LogP contribution in [-0.4, -0.2) is 42.2 Å². The van der Waals surface area contributed by atoms with Gasteiger partial charge in [-0.3, -0.25) is 0 Å². The van der Waals surface area contributed by atoms with Crippen molar-refractivity contribution in [2.24, 2.45) is 0 Å². The van der Waals surface area contributed by atoms with E-state index in [1.165, 1.54) is 20.7 Å². The Balaban J connectivity index is 0.000000307. The second-order valence-electron chi connectivity index (χ2n) is 4.92. The standard InChI is InChI=1S/C14H16NS.CHF3O3S/c1-11(15(2)3)16-14-9-8-12-6-4-5-7-13(12)10-14;2-1(3,4)8(5,6)7/h4-10H,1-3H3;(H,5,6,7)/q+1;/p-1. The van der Waals surface area contributed by atoms with Gasteiger partial charge in [0.05, 0.1) is 0 Å². The number of rotatable bonds is 1. The molecule has 4 nitrogen and oxygen atoms in total. The molecule has 0 aliphatic heterocycles. The number of nitrogens with zero attached hydrogens (tertiary/aromatic N) is 1. The van der Waals surface area contributed by atoms with Crippen LogP contribution in [0.4, 0.5) is 13.2 Å². The van der Waals surface area contributed by atoms with Crippen molar-refractivity contribution in [3.63, 3.8) is 0 Å². The van der Waals surface area contributed by atoms with Gasteiger partial charge >= 0.3 is 5.51 Å². The molecule has 0 unspecified atom stereocenters. The Morgan fingerprint density at radius 1 is 1.08 bits per heavy atom. The summed E-state index contributed by atoms with van der Waals surface area (Å²) < 4.78 is 61.0. The summed E-state index contributed by atoms with van der Waals surface area (Å²) in [5.74, 6) is 0. The van der Waals surface area contributed by atoms with E-state index in [0.717, 1.165) is 0 Å². The van der Waals surface area contributed by atoms with Crippen LogP contribution in [0.3, 0.4) is 0 Å². The van der Waals surface area contributed by atoms with Gasteiger partial charge in [0.2, 0.25) is 5.04 Å². The Kier molecular flexibility index (Phi) is 6.82. The molecule has 0 aliphatic carbocycles. The summed E-state index contributed by atoms with van der Waals surface area (Å²) in [6.07, 6.45) is 0. The summed E-state index contributed by atoms with van der Waals surface area (Å²) in [4.78, 5) is 1.30. The van der Waals surface area contributed by atoms with Gasteiger partial charge in [0.25, 0.3) is 0 Å². The van der Waals surface area contributed by atoms with Crippen LogP contribution >= 0.6 is 11.8 Å². The lowest BCUT2D eigenvalue weighted by molar-refractivity contribution is -0.461. The number of thioether (sulfide) groups is 1. The molecule has 0 saturated heterocycles. The molecule has 2 aromatic rings. The van der Waals surface area contributed by atoms with Gasteiger partial charge in [-0.25, -0.2) is 13.0 Å². The minimum atomic E-state index is -6.09. The average molecular weight is 379 g/mol. The maximum absolute atomic E-state index is 10.7. The van der Waals surface area contributed by atoms with Crippen LogP contribution in [0.5, 0.6) is 0 Å². The first-order valence-electron chi connectivity index (χ1n) is 6.61. The molecule has 0 heterocycles. The monoisotopic (exact) mass is 379 g/mol. The lowest BCUT2D eigenvalue weighted by atomic mass is 10.1. The lowest BCUT2D eigenvalue weighted by Crippen LogP contribution is -2.21. The molecule has 24 heavy (non-hydrogen) atoms. The Morgan fingerprint density at radius 2 is 1.58 bits per heavy atom. The van der Waals surface area contributed by atoms with E-state index in [9.17, 15) is 13.2 Å². The zero-order chi connectivity index (χ0) is 18.5. The Labute approximate surface area is 142 Å². The first-order chi connectivity index (χ1) is 10.9. The largest absolute Gasteiger partial charge is 0.741 e. The fourth-order valence-electron chi connectivity index (χ4n) is 1.49. The van der Waals surface area contributed by atoms with Crippen LogP contribution in [0.2, 0.25) is 0 Å². The quantitative estimate of drug-likeness (QED) is 0.189. The van der Waals surface area contributed by atoms with Crippen LogP contribution in [-0.2, 0) is 10.1 Å². The fraction of sp³-hybridized carbons (Fsp3) is 0.267. The average Bonchev–Trinajstić information content (AvgIpc) is 2.45. The summed E-state index contributed by atoms with van der Waals surface area (Å²) in [6, 6.07) is 15.1. The summed E-state index contributed by atoms with van der Waals surface area (Å²) in [6.45, 7) is 2.14. The van der Waals surface area contributed by atoms with Crippen LogP contribution in [0.1, 0.15) is 6.92 Å². The van der Waals surface area contributed by atoms with Crippen molar-refractivity contribution in [3.8, 4) is 0 Å². The van der Waals surface area contributed by atoms with Crippen molar-refractivity contribution in [2.45, 2.75) is 17.3 Å². The molecule has 0 aromatic heterocycles. The SMILES string of the molecule is CC(Sc1ccc2ccccc2c1)=[N+](C)C.O=S(=O)([O-])C(F)(F)F. The second-order valence-corrected chi connectivity index (χ2v) is 7.56. The van der Waals surface area contributed by atoms with E-state index in [4.69, 9.17) is 13.0 Å². The maximum atomic E-state index is 10.7. The highest BCUT2D eigenvalue weighted by Crippen LogP contribution is 2.24. The third-order valence-electron chi connectivity index (χ3n) is 2.90. The van der Waals surface area contributed by atoms with E-state index in [-0.39, 0.29) is 0 Å². The van der Waals surface area contributed by atoms with Gasteiger partial charge in [0, 0.05) is 11.8 Å². The van der Waals surface area contributed by atoms with Crippen LogP contribution in [0, 0.1) is 0 Å². The van der Waals surface area contributed by atoms with Gasteiger partial charge in [-0.05, 0) is 34.7 Å². The van der Waals surface area contributed by atoms with Crippen LogP contribution in [0.15, 0.2) is 47.4 Å². The predicted octanol–water partition coefficient (Wildman–Crippen LogP) is 3.67. The summed E-state index contributed by atoms with van der Waals surface area (Å²) in [5.41, 5.74) is -5.65. The minimum absolute atomic E-state index is 1.30. The highest BCUT2D eigenvalue weighted by molar-refractivity contribution is 8.13. The fourth-order valence-corrected chi connectivity index (χ4v) is 2.34. The number of halogens is 3. The zero-order valence-electron chi connectivity index (χ0n) is 13.2. The number of hydrogen-bond donors (Lipinski definition) is 0. The van der Waals surface area contributed by atoms with E-state index in [1.54, 1.807) is 0 Å². The smallest absolute Gasteiger partial charge is 0.485 e. The number of alkyl halides is 3. The van der Waals surface area contributed by atoms with Gasteiger partial charge in [0.15, 0.2) is 10.1 Å². The molecule has 0 amide bonds. The molecule has 9 heteroatoms. The Bertz CT molecular complexity index is 842. The van der Waals surface area contributed by atoms with Crippen molar-refractivity contribution in [1.82, 2.24) is 0 Å². The number of fused-ring (bicyclic) bond motifs is 1. The Hall–Kier alpha value is -1.58. The molecule has 132 valence electrons. The predicted molar refractivity (Wildman–Crippen MR) is 88.3 cm³/mol. The first kappa shape index (κ1) is 20.5. The van der Waals surface area contributed by atoms with Crippen LogP contribution in [0.25, 0.3) is 10.8 Å². The first-order valence-corrected chi connectivity index (χ1v) is 8.84. The minimum Gasteiger partial charge on any atom is -0.741 e. The van der Waals surface area contributed by atoms with E-state index in [2.05, 4.69) is 68.1 Å². The highest BCUT2D eigenvalue weighted by Gasteiger charge is 2.36. The summed E-state index contributed by atoms with van der Waals surface area (Å²) in [7, 11) is -1.94. The molecule has 0 saturated carbocycles. The van der Waals surface area contributed by atoms with Gasteiger partial charge in [-0.2, -0.15) is 13.2 Å². The van der Waals surface area contributed by atoms with Gasteiger partial charge in [0.1, 0.15) is 14.1 Å². The highest BCUT2D eigenvalue weighted by atomic mass is 32.2.